The molecule has 1 fully saturated rings. The lowest BCUT2D eigenvalue weighted by molar-refractivity contribution is -0.145. The molecule has 0 atom stereocenters. The van der Waals surface area contributed by atoms with Crippen molar-refractivity contribution in [3.05, 3.63) is 52.2 Å². The molecule has 0 radical (unpaired) electrons. The Hall–Kier alpha value is -2.67. The van der Waals surface area contributed by atoms with Crippen molar-refractivity contribution in [1.29, 1.82) is 0 Å². The summed E-state index contributed by atoms with van der Waals surface area (Å²) in [5, 5.41) is 17.0. The Bertz CT molecular complexity index is 824. The van der Waals surface area contributed by atoms with E-state index in [1.807, 2.05) is 5.38 Å². The quantitative estimate of drug-likeness (QED) is 0.679. The van der Waals surface area contributed by atoms with Crippen molar-refractivity contribution in [2.75, 3.05) is 5.32 Å². The topological polar surface area (TPSA) is 95.5 Å². The van der Waals surface area contributed by atoms with Crippen molar-refractivity contribution in [1.82, 2.24) is 5.32 Å². The maximum absolute atomic E-state index is 12.7. The molecule has 0 spiro atoms. The standard InChI is InChI=1S/C20H22N2O4S/c23-17(22-20(19(25)26)10-3-1-2-4-11-20)14-7-5-8-15(13-14)21-18(24)16-9-6-12-27-16/h5-9,12-13H,1-4,10-11H2,(H,21,24)(H,22,23)(H,25,26). The Balaban J connectivity index is 1.74. The average Bonchev–Trinajstić information content (AvgIpc) is 3.09. The minimum absolute atomic E-state index is 0.242. The molecule has 2 amide bonds. The summed E-state index contributed by atoms with van der Waals surface area (Å²) in [6.07, 6.45) is 4.39. The lowest BCUT2D eigenvalue weighted by atomic mass is 9.90. The van der Waals surface area contributed by atoms with E-state index in [4.69, 9.17) is 0 Å². The Morgan fingerprint density at radius 2 is 1.70 bits per heavy atom. The highest BCUT2D eigenvalue weighted by atomic mass is 32.1. The second kappa shape index (κ2) is 8.35. The number of nitrogens with one attached hydrogen (secondary N) is 2. The van der Waals surface area contributed by atoms with E-state index in [-0.39, 0.29) is 5.91 Å². The van der Waals surface area contributed by atoms with E-state index in [1.54, 1.807) is 36.4 Å². The molecule has 0 bridgehead atoms. The van der Waals surface area contributed by atoms with Crippen molar-refractivity contribution in [3.63, 3.8) is 0 Å². The molecule has 2 aromatic rings. The van der Waals surface area contributed by atoms with E-state index >= 15 is 0 Å². The largest absolute Gasteiger partial charge is 0.480 e. The maximum Gasteiger partial charge on any atom is 0.329 e. The second-order valence-corrected chi connectivity index (χ2v) is 7.72. The predicted molar refractivity (Wildman–Crippen MR) is 104 cm³/mol. The van der Waals surface area contributed by atoms with E-state index in [0.717, 1.165) is 25.7 Å². The molecule has 6 nitrogen and oxygen atoms in total. The molecular weight excluding hydrogens is 364 g/mol. The molecule has 0 unspecified atom stereocenters. The number of benzene rings is 1. The van der Waals surface area contributed by atoms with Crippen LogP contribution in [0.15, 0.2) is 41.8 Å². The molecule has 1 heterocycles. The fraction of sp³-hybridized carbons (Fsp3) is 0.350. The first-order valence-corrected chi connectivity index (χ1v) is 9.89. The summed E-state index contributed by atoms with van der Waals surface area (Å²) in [4.78, 5) is 37.3. The number of carbonyl (C=O) groups is 3. The summed E-state index contributed by atoms with van der Waals surface area (Å²) < 4.78 is 0. The monoisotopic (exact) mass is 386 g/mol. The van der Waals surface area contributed by atoms with Crippen LogP contribution in [0.1, 0.15) is 58.6 Å². The lowest BCUT2D eigenvalue weighted by Crippen LogP contribution is -2.54. The molecule has 7 heteroatoms. The molecule has 27 heavy (non-hydrogen) atoms. The van der Waals surface area contributed by atoms with E-state index in [9.17, 15) is 19.5 Å². The molecule has 3 rings (SSSR count). The highest BCUT2D eigenvalue weighted by Crippen LogP contribution is 2.28. The number of hydrogen-bond donors (Lipinski definition) is 3. The van der Waals surface area contributed by atoms with Gasteiger partial charge in [-0.05, 0) is 42.5 Å². The molecule has 1 saturated carbocycles. The van der Waals surface area contributed by atoms with E-state index in [1.165, 1.54) is 11.3 Å². The zero-order valence-electron chi connectivity index (χ0n) is 14.9. The molecular formula is C20H22N2O4S. The minimum Gasteiger partial charge on any atom is -0.480 e. The summed E-state index contributed by atoms with van der Waals surface area (Å²) in [6.45, 7) is 0. The number of carbonyl (C=O) groups excluding carboxylic acids is 2. The Morgan fingerprint density at radius 3 is 2.33 bits per heavy atom. The number of carboxylic acid groups (broad SMARTS) is 1. The molecule has 1 aromatic heterocycles. The number of thiophene rings is 1. The Labute approximate surface area is 161 Å². The van der Waals surface area contributed by atoms with Gasteiger partial charge in [0.2, 0.25) is 0 Å². The van der Waals surface area contributed by atoms with Crippen molar-refractivity contribution < 1.29 is 19.5 Å². The highest BCUT2D eigenvalue weighted by Gasteiger charge is 2.40. The van der Waals surface area contributed by atoms with Crippen molar-refractivity contribution in [2.24, 2.45) is 0 Å². The number of carboxylic acids is 1. The second-order valence-electron chi connectivity index (χ2n) is 6.77. The molecule has 3 N–H and O–H groups in total. The SMILES string of the molecule is O=C(NC1(C(=O)O)CCCCCC1)c1cccc(NC(=O)c2cccs2)c1. The van der Waals surface area contributed by atoms with E-state index in [2.05, 4.69) is 10.6 Å². The van der Waals surface area contributed by atoms with Crippen molar-refractivity contribution in [2.45, 2.75) is 44.1 Å². The number of rotatable bonds is 5. The van der Waals surface area contributed by atoms with Crippen LogP contribution in [0.25, 0.3) is 0 Å². The molecule has 1 aromatic carbocycles. The third-order valence-corrected chi connectivity index (χ3v) is 5.72. The third kappa shape index (κ3) is 4.54. The van der Waals surface area contributed by atoms with Gasteiger partial charge >= 0.3 is 5.97 Å². The average molecular weight is 386 g/mol. The third-order valence-electron chi connectivity index (χ3n) is 4.85. The van der Waals surface area contributed by atoms with Gasteiger partial charge in [0.25, 0.3) is 11.8 Å². The first-order chi connectivity index (χ1) is 13.0. The van der Waals surface area contributed by atoms with Crippen LogP contribution in [0.3, 0.4) is 0 Å². The zero-order chi connectivity index (χ0) is 19.3. The smallest absolute Gasteiger partial charge is 0.329 e. The fourth-order valence-corrected chi connectivity index (χ4v) is 3.97. The van der Waals surface area contributed by atoms with Gasteiger partial charge in [-0.2, -0.15) is 0 Å². The van der Waals surface area contributed by atoms with Crippen LogP contribution < -0.4 is 10.6 Å². The minimum atomic E-state index is -1.22. The summed E-state index contributed by atoms with van der Waals surface area (Å²) in [5.74, 6) is -1.67. The fourth-order valence-electron chi connectivity index (χ4n) is 3.35. The normalized spacial score (nSPS) is 16.1. The van der Waals surface area contributed by atoms with Gasteiger partial charge in [-0.25, -0.2) is 4.79 Å². The van der Waals surface area contributed by atoms with Gasteiger partial charge in [-0.15, -0.1) is 11.3 Å². The summed E-state index contributed by atoms with van der Waals surface area (Å²) in [5.41, 5.74) is -0.404. The van der Waals surface area contributed by atoms with Crippen LogP contribution in [-0.4, -0.2) is 28.4 Å². The van der Waals surface area contributed by atoms with Gasteiger partial charge in [-0.3, -0.25) is 9.59 Å². The number of hydrogen-bond acceptors (Lipinski definition) is 4. The van der Waals surface area contributed by atoms with Gasteiger partial charge < -0.3 is 15.7 Å². The van der Waals surface area contributed by atoms with Crippen LogP contribution in [0, 0.1) is 0 Å². The van der Waals surface area contributed by atoms with Gasteiger partial charge in [0.15, 0.2) is 0 Å². The van der Waals surface area contributed by atoms with Crippen molar-refractivity contribution >= 4 is 34.8 Å². The predicted octanol–water partition coefficient (Wildman–Crippen LogP) is 3.91. The van der Waals surface area contributed by atoms with Crippen LogP contribution in [0.5, 0.6) is 0 Å². The van der Waals surface area contributed by atoms with Gasteiger partial charge in [-0.1, -0.05) is 37.8 Å². The summed E-state index contributed by atoms with van der Waals surface area (Å²) in [7, 11) is 0. The number of amides is 2. The van der Waals surface area contributed by atoms with E-state index in [0.29, 0.717) is 29.0 Å². The summed E-state index contributed by atoms with van der Waals surface area (Å²) in [6, 6.07) is 10.1. The highest BCUT2D eigenvalue weighted by molar-refractivity contribution is 7.12. The van der Waals surface area contributed by atoms with Gasteiger partial charge in [0.05, 0.1) is 4.88 Å². The van der Waals surface area contributed by atoms with E-state index < -0.39 is 17.4 Å². The lowest BCUT2D eigenvalue weighted by Gasteiger charge is -2.29. The van der Waals surface area contributed by atoms with Gasteiger partial charge in [0, 0.05) is 11.3 Å². The maximum atomic E-state index is 12.7. The van der Waals surface area contributed by atoms with Gasteiger partial charge in [0.1, 0.15) is 5.54 Å². The molecule has 0 saturated heterocycles. The number of aliphatic carboxylic acids is 1. The Morgan fingerprint density at radius 1 is 0.963 bits per heavy atom. The molecule has 142 valence electrons. The molecule has 0 aliphatic heterocycles. The van der Waals surface area contributed by atoms with Crippen LogP contribution in [0.4, 0.5) is 5.69 Å². The Kier molecular flexibility index (Phi) is 5.91. The number of anilines is 1. The van der Waals surface area contributed by atoms with Crippen LogP contribution in [-0.2, 0) is 4.79 Å². The van der Waals surface area contributed by atoms with Crippen LogP contribution >= 0.6 is 11.3 Å². The zero-order valence-corrected chi connectivity index (χ0v) is 15.7. The summed E-state index contributed by atoms with van der Waals surface area (Å²) >= 11 is 1.33. The first kappa shape index (κ1) is 19.1. The first-order valence-electron chi connectivity index (χ1n) is 9.01. The molecule has 1 aliphatic rings. The van der Waals surface area contributed by atoms with Crippen LogP contribution in [0.2, 0.25) is 0 Å². The van der Waals surface area contributed by atoms with Crippen molar-refractivity contribution in [3.8, 4) is 0 Å². The molecule has 1 aliphatic carbocycles.